The Hall–Kier alpha value is -2.40. The zero-order valence-electron chi connectivity index (χ0n) is 13.2. The van der Waals surface area contributed by atoms with E-state index in [0.29, 0.717) is 5.92 Å². The number of likely N-dealkylation sites (tertiary alicyclic amines) is 1. The number of hydrogen-bond donors (Lipinski definition) is 0. The third-order valence-corrected chi connectivity index (χ3v) is 5.24. The number of piperidine rings is 1. The van der Waals surface area contributed by atoms with Gasteiger partial charge in [0.05, 0.1) is 0 Å². The van der Waals surface area contributed by atoms with Crippen LogP contribution >= 0.6 is 11.3 Å². The number of carbonyl (C=O) groups is 1. The molecule has 0 radical (unpaired) electrons. The molecule has 2 aromatic heterocycles. The van der Waals surface area contributed by atoms with Crippen LogP contribution < -0.4 is 0 Å². The Kier molecular flexibility index (Phi) is 4.17. The number of amides is 1. The lowest BCUT2D eigenvalue weighted by Gasteiger charge is -2.29. The molecule has 4 nitrogen and oxygen atoms in total. The molecule has 3 aromatic rings. The molecule has 0 atom stereocenters. The van der Waals surface area contributed by atoms with Crippen molar-refractivity contribution in [1.29, 1.82) is 0 Å². The van der Waals surface area contributed by atoms with Crippen LogP contribution in [0.2, 0.25) is 0 Å². The maximum absolute atomic E-state index is 12.3. The van der Waals surface area contributed by atoms with Gasteiger partial charge in [-0.25, -0.2) is 4.98 Å². The van der Waals surface area contributed by atoms with Gasteiger partial charge in [-0.3, -0.25) is 4.79 Å². The third-order valence-electron chi connectivity index (χ3n) is 4.40. The Balaban J connectivity index is 1.38. The van der Waals surface area contributed by atoms with Crippen molar-refractivity contribution in [3.05, 3.63) is 58.6 Å². The minimum Gasteiger partial charge on any atom is -0.440 e. The van der Waals surface area contributed by atoms with Crippen LogP contribution in [0.4, 0.5) is 0 Å². The first-order valence-electron chi connectivity index (χ1n) is 8.15. The molecule has 1 aliphatic heterocycles. The molecule has 4 rings (SSSR count). The van der Waals surface area contributed by atoms with Crippen LogP contribution in [0.1, 0.15) is 29.5 Å². The highest BCUT2D eigenvalue weighted by Crippen LogP contribution is 2.30. The topological polar surface area (TPSA) is 46.3 Å². The molecule has 0 N–H and O–H groups in total. The number of benzene rings is 1. The number of aromatic nitrogens is 1. The summed E-state index contributed by atoms with van der Waals surface area (Å²) >= 11 is 1.63. The van der Waals surface area contributed by atoms with E-state index in [-0.39, 0.29) is 5.91 Å². The van der Waals surface area contributed by atoms with Gasteiger partial charge in [0, 0.05) is 30.0 Å². The van der Waals surface area contributed by atoms with Crippen molar-refractivity contribution in [2.45, 2.75) is 18.8 Å². The van der Waals surface area contributed by atoms with Gasteiger partial charge in [-0.2, -0.15) is 0 Å². The highest BCUT2D eigenvalue weighted by molar-refractivity contribution is 7.10. The largest absolute Gasteiger partial charge is 0.440 e. The van der Waals surface area contributed by atoms with Gasteiger partial charge in [-0.15, -0.1) is 11.3 Å². The summed E-state index contributed by atoms with van der Waals surface area (Å²) < 4.78 is 5.87. The van der Waals surface area contributed by atoms with Gasteiger partial charge in [0.1, 0.15) is 5.52 Å². The minimum absolute atomic E-state index is 0.0828. The molecule has 1 aliphatic rings. The lowest BCUT2D eigenvalue weighted by Crippen LogP contribution is -2.36. The van der Waals surface area contributed by atoms with Crippen molar-refractivity contribution < 1.29 is 9.21 Å². The molecule has 1 amide bonds. The molecule has 0 bridgehead atoms. The monoisotopic (exact) mass is 338 g/mol. The van der Waals surface area contributed by atoms with E-state index in [1.165, 1.54) is 0 Å². The average molecular weight is 338 g/mol. The molecule has 1 fully saturated rings. The van der Waals surface area contributed by atoms with E-state index in [9.17, 15) is 4.79 Å². The molecular weight excluding hydrogens is 320 g/mol. The normalized spacial score (nSPS) is 16.2. The predicted molar refractivity (Wildman–Crippen MR) is 95.9 cm³/mol. The SMILES string of the molecule is O=C(C=Cc1cccs1)N1CCC(c2nc3ccccc3o2)CC1. The van der Waals surface area contributed by atoms with Gasteiger partial charge in [-0.1, -0.05) is 18.2 Å². The molecule has 1 aromatic carbocycles. The Bertz CT molecular complexity index is 826. The van der Waals surface area contributed by atoms with Crippen LogP contribution in [0.5, 0.6) is 0 Å². The first-order valence-corrected chi connectivity index (χ1v) is 9.03. The molecule has 0 unspecified atom stereocenters. The number of nitrogens with zero attached hydrogens (tertiary/aromatic N) is 2. The van der Waals surface area contributed by atoms with Crippen molar-refractivity contribution >= 4 is 34.4 Å². The zero-order chi connectivity index (χ0) is 16.4. The van der Waals surface area contributed by atoms with Crippen molar-refractivity contribution in [3.8, 4) is 0 Å². The number of rotatable bonds is 3. The molecule has 5 heteroatoms. The Morgan fingerprint density at radius 1 is 1.21 bits per heavy atom. The zero-order valence-corrected chi connectivity index (χ0v) is 14.0. The summed E-state index contributed by atoms with van der Waals surface area (Å²) in [6, 6.07) is 11.8. The standard InChI is InChI=1S/C19H18N2O2S/c22-18(8-7-15-4-3-13-24-15)21-11-9-14(10-12-21)19-20-16-5-1-2-6-17(16)23-19/h1-8,13-14H,9-12H2. The average Bonchev–Trinajstić information content (AvgIpc) is 3.29. The van der Waals surface area contributed by atoms with Crippen LogP contribution in [0.3, 0.4) is 0 Å². The fourth-order valence-electron chi connectivity index (χ4n) is 3.06. The highest BCUT2D eigenvalue weighted by Gasteiger charge is 2.26. The van der Waals surface area contributed by atoms with Gasteiger partial charge in [0.25, 0.3) is 0 Å². The van der Waals surface area contributed by atoms with E-state index in [0.717, 1.165) is 47.8 Å². The summed E-state index contributed by atoms with van der Waals surface area (Å²) in [6.45, 7) is 1.49. The van der Waals surface area contributed by atoms with Crippen molar-refractivity contribution in [2.24, 2.45) is 0 Å². The number of carbonyl (C=O) groups excluding carboxylic acids is 1. The van der Waals surface area contributed by atoms with Crippen molar-refractivity contribution in [1.82, 2.24) is 9.88 Å². The summed E-state index contributed by atoms with van der Waals surface area (Å²) in [5, 5.41) is 2.01. The van der Waals surface area contributed by atoms with E-state index < -0.39 is 0 Å². The maximum Gasteiger partial charge on any atom is 0.246 e. The highest BCUT2D eigenvalue weighted by atomic mass is 32.1. The van der Waals surface area contributed by atoms with E-state index in [4.69, 9.17) is 4.42 Å². The van der Waals surface area contributed by atoms with E-state index in [1.54, 1.807) is 17.4 Å². The van der Waals surface area contributed by atoms with Crippen LogP contribution in [0.25, 0.3) is 17.2 Å². The van der Waals surface area contributed by atoms with Gasteiger partial charge < -0.3 is 9.32 Å². The second-order valence-electron chi connectivity index (χ2n) is 5.97. The number of oxazole rings is 1. The quantitative estimate of drug-likeness (QED) is 0.669. The van der Waals surface area contributed by atoms with E-state index in [1.807, 2.05) is 52.8 Å². The van der Waals surface area contributed by atoms with Crippen molar-refractivity contribution in [3.63, 3.8) is 0 Å². The molecule has 24 heavy (non-hydrogen) atoms. The van der Waals surface area contributed by atoms with Gasteiger partial charge in [0.15, 0.2) is 11.5 Å². The molecule has 122 valence electrons. The lowest BCUT2D eigenvalue weighted by atomic mass is 9.97. The van der Waals surface area contributed by atoms with E-state index in [2.05, 4.69) is 4.98 Å². The first-order chi connectivity index (χ1) is 11.8. The van der Waals surface area contributed by atoms with E-state index >= 15 is 0 Å². The number of fused-ring (bicyclic) bond motifs is 1. The Morgan fingerprint density at radius 2 is 2.04 bits per heavy atom. The number of thiophene rings is 1. The second-order valence-corrected chi connectivity index (χ2v) is 6.95. The summed E-state index contributed by atoms with van der Waals surface area (Å²) in [7, 11) is 0. The fourth-order valence-corrected chi connectivity index (χ4v) is 3.67. The third kappa shape index (κ3) is 3.12. The van der Waals surface area contributed by atoms with Crippen LogP contribution in [0, 0.1) is 0 Å². The molecule has 0 aliphatic carbocycles. The maximum atomic E-state index is 12.3. The summed E-state index contributed by atoms with van der Waals surface area (Å²) in [5.41, 5.74) is 1.75. The lowest BCUT2D eigenvalue weighted by molar-refractivity contribution is -0.127. The summed E-state index contributed by atoms with van der Waals surface area (Å²) in [5.74, 6) is 1.18. The Labute approximate surface area is 144 Å². The predicted octanol–water partition coefficient (Wildman–Crippen LogP) is 4.31. The smallest absolute Gasteiger partial charge is 0.246 e. The minimum atomic E-state index is 0.0828. The van der Waals surface area contributed by atoms with Crippen LogP contribution in [-0.2, 0) is 4.79 Å². The summed E-state index contributed by atoms with van der Waals surface area (Å²) in [6.07, 6.45) is 5.35. The van der Waals surface area contributed by atoms with Crippen LogP contribution in [-0.4, -0.2) is 28.9 Å². The molecular formula is C19H18N2O2S. The van der Waals surface area contributed by atoms with Gasteiger partial charge in [0.2, 0.25) is 5.91 Å². The Morgan fingerprint density at radius 3 is 2.79 bits per heavy atom. The molecule has 1 saturated heterocycles. The molecule has 0 saturated carbocycles. The van der Waals surface area contributed by atoms with Crippen LogP contribution in [0.15, 0.2) is 52.3 Å². The number of hydrogen-bond acceptors (Lipinski definition) is 4. The number of para-hydroxylation sites is 2. The van der Waals surface area contributed by atoms with Gasteiger partial charge in [-0.05, 0) is 42.5 Å². The van der Waals surface area contributed by atoms with Crippen molar-refractivity contribution in [2.75, 3.05) is 13.1 Å². The summed E-state index contributed by atoms with van der Waals surface area (Å²) in [4.78, 5) is 19.9. The van der Waals surface area contributed by atoms with Gasteiger partial charge >= 0.3 is 0 Å². The molecule has 3 heterocycles. The molecule has 0 spiro atoms. The second kappa shape index (κ2) is 6.61. The fraction of sp³-hybridized carbons (Fsp3) is 0.263. The first kappa shape index (κ1) is 15.1.